The highest BCUT2D eigenvalue weighted by atomic mass is 19.1. The molecule has 1 aromatic heterocycles. The molecule has 7 nitrogen and oxygen atoms in total. The van der Waals surface area contributed by atoms with Crippen molar-refractivity contribution in [3.8, 4) is 0 Å². The molecule has 0 aliphatic carbocycles. The number of hydrogen-bond acceptors (Lipinski definition) is 6. The van der Waals surface area contributed by atoms with Gasteiger partial charge in [0.15, 0.2) is 0 Å². The van der Waals surface area contributed by atoms with Gasteiger partial charge >= 0.3 is 0 Å². The lowest BCUT2D eigenvalue weighted by Gasteiger charge is -2.39. The Bertz CT molecular complexity index is 893. The van der Waals surface area contributed by atoms with Crippen molar-refractivity contribution in [2.24, 2.45) is 0 Å². The number of anilines is 2. The summed E-state index contributed by atoms with van der Waals surface area (Å²) < 4.78 is 20.6. The second kappa shape index (κ2) is 7.98. The lowest BCUT2D eigenvalue weighted by molar-refractivity contribution is 0.0310. The third-order valence-electron chi connectivity index (χ3n) is 5.52. The van der Waals surface area contributed by atoms with Crippen LogP contribution in [0, 0.1) is 19.7 Å². The summed E-state index contributed by atoms with van der Waals surface area (Å²) in [5.41, 5.74) is 2.19. The number of morpholine rings is 1. The first-order valence-electron chi connectivity index (χ1n) is 9.66. The number of hydrogen-bond donors (Lipinski definition) is 0. The Hall–Kier alpha value is -2.29. The van der Waals surface area contributed by atoms with Crippen molar-refractivity contribution in [1.82, 2.24) is 19.4 Å². The molecule has 28 heavy (non-hydrogen) atoms. The highest BCUT2D eigenvalue weighted by molar-refractivity contribution is 5.58. The molecule has 2 aliphatic rings. The Kier molecular flexibility index (Phi) is 5.43. The predicted molar refractivity (Wildman–Crippen MR) is 105 cm³/mol. The van der Waals surface area contributed by atoms with Crippen LogP contribution < -0.4 is 10.5 Å². The van der Waals surface area contributed by atoms with Crippen LogP contribution in [0.5, 0.6) is 0 Å². The fourth-order valence-corrected chi connectivity index (χ4v) is 3.65. The Morgan fingerprint density at radius 2 is 1.71 bits per heavy atom. The van der Waals surface area contributed by atoms with Gasteiger partial charge in [-0.05, 0) is 38.1 Å². The third kappa shape index (κ3) is 3.80. The van der Waals surface area contributed by atoms with Crippen molar-refractivity contribution < 1.29 is 9.13 Å². The Labute approximate surface area is 163 Å². The zero-order chi connectivity index (χ0) is 19.7. The summed E-state index contributed by atoms with van der Waals surface area (Å²) in [5, 5.41) is 0. The number of rotatable bonds is 4. The van der Waals surface area contributed by atoms with Crippen LogP contribution in [0.3, 0.4) is 0 Å². The van der Waals surface area contributed by atoms with Gasteiger partial charge in [0.05, 0.1) is 26.6 Å². The fraction of sp³-hybridized carbons (Fsp3) is 0.500. The van der Waals surface area contributed by atoms with Crippen LogP contribution in [0.2, 0.25) is 0 Å². The summed E-state index contributed by atoms with van der Waals surface area (Å²) in [5.74, 6) is 0.331. The minimum Gasteiger partial charge on any atom is -0.379 e. The normalized spacial score (nSPS) is 18.3. The molecule has 150 valence electrons. The van der Waals surface area contributed by atoms with Crippen LogP contribution in [0.4, 0.5) is 16.0 Å². The van der Waals surface area contributed by atoms with E-state index in [1.807, 2.05) is 18.7 Å². The molecule has 8 heteroatoms. The van der Waals surface area contributed by atoms with Gasteiger partial charge in [0.1, 0.15) is 5.82 Å². The van der Waals surface area contributed by atoms with Crippen molar-refractivity contribution in [2.45, 2.75) is 20.5 Å². The quantitative estimate of drug-likeness (QED) is 0.796. The van der Waals surface area contributed by atoms with E-state index in [-0.39, 0.29) is 11.4 Å². The molecule has 0 bridgehead atoms. The van der Waals surface area contributed by atoms with Gasteiger partial charge in [0.25, 0.3) is 5.56 Å². The third-order valence-corrected chi connectivity index (χ3v) is 5.52. The zero-order valence-corrected chi connectivity index (χ0v) is 16.4. The zero-order valence-electron chi connectivity index (χ0n) is 16.4. The minimum absolute atomic E-state index is 0.0225. The Morgan fingerprint density at radius 1 is 1.04 bits per heavy atom. The van der Waals surface area contributed by atoms with Crippen molar-refractivity contribution in [3.05, 3.63) is 51.7 Å². The number of nitrogens with zero attached hydrogens (tertiary/aromatic N) is 5. The Balaban J connectivity index is 1.63. The highest BCUT2D eigenvalue weighted by Gasteiger charge is 2.27. The van der Waals surface area contributed by atoms with Crippen LogP contribution in [0.25, 0.3) is 0 Å². The molecule has 3 heterocycles. The molecule has 1 fully saturated rings. The smallest absolute Gasteiger partial charge is 0.259 e. The summed E-state index contributed by atoms with van der Waals surface area (Å²) in [7, 11) is 0. The molecule has 2 aliphatic heterocycles. The van der Waals surface area contributed by atoms with E-state index >= 15 is 0 Å². The fourth-order valence-electron chi connectivity index (χ4n) is 3.65. The SMILES string of the molecule is Cc1nc2n(c(=O)c1C)CN(CCN1CCOCC1)CN2c1ccc(F)cc1. The number of benzene rings is 1. The first kappa shape index (κ1) is 19.0. The highest BCUT2D eigenvalue weighted by Crippen LogP contribution is 2.27. The standard InChI is InChI=1S/C20H26FN5O2/c1-15-16(2)22-20-25(18-5-3-17(21)4-6-18)13-24(14-26(20)19(15)27)8-7-23-9-11-28-12-10-23/h3-6H,7-14H2,1-2H3. The van der Waals surface area contributed by atoms with Crippen molar-refractivity contribution in [1.29, 1.82) is 0 Å². The van der Waals surface area contributed by atoms with Crippen LogP contribution in [0.1, 0.15) is 11.3 Å². The van der Waals surface area contributed by atoms with Gasteiger partial charge < -0.3 is 4.74 Å². The van der Waals surface area contributed by atoms with E-state index in [9.17, 15) is 9.18 Å². The molecular weight excluding hydrogens is 361 g/mol. The Morgan fingerprint density at radius 3 is 2.43 bits per heavy atom. The number of aryl methyl sites for hydroxylation is 1. The van der Waals surface area contributed by atoms with E-state index in [1.165, 1.54) is 12.1 Å². The maximum atomic E-state index is 13.4. The number of ether oxygens (including phenoxy) is 1. The largest absolute Gasteiger partial charge is 0.379 e. The van der Waals surface area contributed by atoms with E-state index in [4.69, 9.17) is 4.74 Å². The molecular formula is C20H26FN5O2. The average Bonchev–Trinajstić information content (AvgIpc) is 2.72. The van der Waals surface area contributed by atoms with Gasteiger partial charge in [-0.25, -0.2) is 9.37 Å². The van der Waals surface area contributed by atoms with Crippen molar-refractivity contribution in [2.75, 3.05) is 51.0 Å². The number of halogens is 1. The maximum Gasteiger partial charge on any atom is 0.259 e. The van der Waals surface area contributed by atoms with Gasteiger partial charge in [-0.15, -0.1) is 0 Å². The summed E-state index contributed by atoms with van der Waals surface area (Å²) in [6.07, 6.45) is 0. The van der Waals surface area contributed by atoms with Crippen molar-refractivity contribution >= 4 is 11.6 Å². The van der Waals surface area contributed by atoms with E-state index in [0.29, 0.717) is 24.8 Å². The molecule has 0 amide bonds. The average molecular weight is 387 g/mol. The molecule has 1 saturated heterocycles. The van der Waals surface area contributed by atoms with Crippen LogP contribution in [-0.2, 0) is 11.4 Å². The summed E-state index contributed by atoms with van der Waals surface area (Å²) in [4.78, 5) is 24.2. The van der Waals surface area contributed by atoms with Gasteiger partial charge in [-0.2, -0.15) is 0 Å². The molecule has 0 N–H and O–H groups in total. The summed E-state index contributed by atoms with van der Waals surface area (Å²) in [6, 6.07) is 6.33. The topological polar surface area (TPSA) is 53.8 Å². The molecule has 0 spiro atoms. The summed E-state index contributed by atoms with van der Waals surface area (Å²) >= 11 is 0. The molecule has 0 atom stereocenters. The molecule has 4 rings (SSSR count). The molecule has 2 aromatic rings. The number of aromatic nitrogens is 2. The lowest BCUT2D eigenvalue weighted by Crippen LogP contribution is -2.50. The van der Waals surface area contributed by atoms with Crippen LogP contribution >= 0.6 is 0 Å². The second-order valence-electron chi connectivity index (χ2n) is 7.39. The van der Waals surface area contributed by atoms with E-state index in [2.05, 4.69) is 14.8 Å². The molecule has 0 radical (unpaired) electrons. The molecule has 1 aromatic carbocycles. The van der Waals surface area contributed by atoms with Gasteiger partial charge in [0.2, 0.25) is 5.95 Å². The van der Waals surface area contributed by atoms with Crippen LogP contribution in [0.15, 0.2) is 29.1 Å². The van der Waals surface area contributed by atoms with Crippen LogP contribution in [-0.4, -0.2) is 65.4 Å². The molecule has 0 saturated carbocycles. The lowest BCUT2D eigenvalue weighted by atomic mass is 10.2. The summed E-state index contributed by atoms with van der Waals surface area (Å²) in [6.45, 7) is 9.93. The maximum absolute atomic E-state index is 13.4. The van der Waals surface area contributed by atoms with Gasteiger partial charge in [0, 0.05) is 43.1 Å². The van der Waals surface area contributed by atoms with E-state index in [1.54, 1.807) is 16.7 Å². The first-order valence-corrected chi connectivity index (χ1v) is 9.66. The van der Waals surface area contributed by atoms with Crippen molar-refractivity contribution in [3.63, 3.8) is 0 Å². The molecule has 0 unspecified atom stereocenters. The van der Waals surface area contributed by atoms with E-state index in [0.717, 1.165) is 50.8 Å². The van der Waals surface area contributed by atoms with E-state index < -0.39 is 0 Å². The minimum atomic E-state index is -0.282. The number of fused-ring (bicyclic) bond motifs is 1. The monoisotopic (exact) mass is 387 g/mol. The second-order valence-corrected chi connectivity index (χ2v) is 7.39. The van der Waals surface area contributed by atoms with Gasteiger partial charge in [-0.1, -0.05) is 0 Å². The predicted octanol–water partition coefficient (Wildman–Crippen LogP) is 1.70. The van der Waals surface area contributed by atoms with Gasteiger partial charge in [-0.3, -0.25) is 24.1 Å². The first-order chi connectivity index (χ1) is 13.5.